The largest absolute Gasteiger partial charge is 0.304 e. The van der Waals surface area contributed by atoms with Crippen LogP contribution < -0.4 is 5.32 Å². The van der Waals surface area contributed by atoms with Crippen molar-refractivity contribution in [2.45, 2.75) is 53.0 Å². The van der Waals surface area contributed by atoms with E-state index in [2.05, 4.69) is 37.9 Å². The van der Waals surface area contributed by atoms with Crippen molar-refractivity contribution in [1.29, 1.82) is 0 Å². The Morgan fingerprint density at radius 1 is 1.43 bits per heavy atom. The van der Waals surface area contributed by atoms with Gasteiger partial charge in [0.15, 0.2) is 0 Å². The fourth-order valence-corrected chi connectivity index (χ4v) is 2.25. The molecule has 1 atom stereocenters. The number of hydrogen-bond donors (Lipinski definition) is 1. The summed E-state index contributed by atoms with van der Waals surface area (Å²) in [5, 5.41) is 3.52. The van der Waals surface area contributed by atoms with Crippen LogP contribution in [0, 0.1) is 5.41 Å². The predicted octanol–water partition coefficient (Wildman–Crippen LogP) is 2.45. The Hall–Kier alpha value is -0.0800. The molecule has 0 saturated carbocycles. The second-order valence-corrected chi connectivity index (χ2v) is 5.46. The van der Waals surface area contributed by atoms with Crippen LogP contribution in [-0.2, 0) is 0 Å². The molecule has 1 N–H and O–H groups in total. The van der Waals surface area contributed by atoms with Crippen LogP contribution in [0.5, 0.6) is 0 Å². The van der Waals surface area contributed by atoms with Gasteiger partial charge < -0.3 is 5.32 Å². The fourth-order valence-electron chi connectivity index (χ4n) is 2.25. The first-order valence-corrected chi connectivity index (χ1v) is 6.00. The monoisotopic (exact) mass is 198 g/mol. The van der Waals surface area contributed by atoms with Gasteiger partial charge in [-0.15, -0.1) is 0 Å². The van der Waals surface area contributed by atoms with Gasteiger partial charge in [-0.25, -0.2) is 0 Å². The number of nitrogens with one attached hydrogen (secondary N) is 1. The molecule has 2 heteroatoms. The molecule has 1 unspecified atom stereocenters. The highest BCUT2D eigenvalue weighted by molar-refractivity contribution is 4.80. The lowest BCUT2D eigenvalue weighted by Crippen LogP contribution is -2.41. The first-order valence-electron chi connectivity index (χ1n) is 6.00. The summed E-state index contributed by atoms with van der Waals surface area (Å²) in [6, 6.07) is 0.727. The van der Waals surface area contributed by atoms with E-state index in [0.717, 1.165) is 12.7 Å². The van der Waals surface area contributed by atoms with Gasteiger partial charge in [-0.05, 0) is 31.7 Å². The molecule has 0 aromatic heterocycles. The smallest absolute Gasteiger partial charge is 0.0483 e. The average molecular weight is 198 g/mol. The Kier molecular flexibility index (Phi) is 4.39. The molecule has 2 nitrogen and oxygen atoms in total. The zero-order chi connectivity index (χ0) is 10.6. The van der Waals surface area contributed by atoms with Gasteiger partial charge in [-0.1, -0.05) is 27.2 Å². The summed E-state index contributed by atoms with van der Waals surface area (Å²) >= 11 is 0. The lowest BCUT2D eigenvalue weighted by atomic mass is 9.89. The molecule has 0 aromatic rings. The maximum Gasteiger partial charge on any atom is 0.0483 e. The highest BCUT2D eigenvalue weighted by atomic mass is 15.2. The molecule has 1 aliphatic rings. The van der Waals surface area contributed by atoms with Crippen LogP contribution in [-0.4, -0.2) is 30.7 Å². The van der Waals surface area contributed by atoms with Gasteiger partial charge in [0.05, 0.1) is 0 Å². The van der Waals surface area contributed by atoms with Crippen LogP contribution in [0.25, 0.3) is 0 Å². The second kappa shape index (κ2) is 5.13. The van der Waals surface area contributed by atoms with E-state index in [1.165, 1.54) is 32.4 Å². The van der Waals surface area contributed by atoms with E-state index in [-0.39, 0.29) is 0 Å². The van der Waals surface area contributed by atoms with Gasteiger partial charge in [0.25, 0.3) is 0 Å². The zero-order valence-corrected chi connectivity index (χ0v) is 10.3. The van der Waals surface area contributed by atoms with Crippen LogP contribution in [0.15, 0.2) is 0 Å². The van der Waals surface area contributed by atoms with Gasteiger partial charge in [0.2, 0.25) is 0 Å². The lowest BCUT2D eigenvalue weighted by molar-refractivity contribution is 0.142. The Morgan fingerprint density at radius 3 is 2.79 bits per heavy atom. The Balaban J connectivity index is 2.50. The van der Waals surface area contributed by atoms with E-state index in [1.807, 2.05) is 0 Å². The standard InChI is InChI=1S/C12H26N2/c1-5-6-11(2)14-9-12(3,4)7-8-13-10-14/h11,13H,5-10H2,1-4H3. The van der Waals surface area contributed by atoms with Crippen molar-refractivity contribution in [2.75, 3.05) is 19.8 Å². The van der Waals surface area contributed by atoms with E-state index >= 15 is 0 Å². The van der Waals surface area contributed by atoms with Gasteiger partial charge >= 0.3 is 0 Å². The van der Waals surface area contributed by atoms with Gasteiger partial charge in [-0.2, -0.15) is 0 Å². The Morgan fingerprint density at radius 2 is 2.14 bits per heavy atom. The summed E-state index contributed by atoms with van der Waals surface area (Å²) in [7, 11) is 0. The summed E-state index contributed by atoms with van der Waals surface area (Å²) in [6.07, 6.45) is 3.90. The molecule has 0 spiro atoms. The molecular weight excluding hydrogens is 172 g/mol. The molecule has 0 aromatic carbocycles. The summed E-state index contributed by atoms with van der Waals surface area (Å²) in [4.78, 5) is 2.59. The summed E-state index contributed by atoms with van der Waals surface area (Å²) in [5.74, 6) is 0. The minimum atomic E-state index is 0.478. The molecular formula is C12H26N2. The van der Waals surface area contributed by atoms with E-state index in [0.29, 0.717) is 5.41 Å². The third-order valence-corrected chi connectivity index (χ3v) is 3.25. The minimum Gasteiger partial charge on any atom is -0.304 e. The lowest BCUT2D eigenvalue weighted by Gasteiger charge is -2.33. The molecule has 0 aliphatic carbocycles. The zero-order valence-electron chi connectivity index (χ0n) is 10.3. The van der Waals surface area contributed by atoms with Crippen LogP contribution in [0.3, 0.4) is 0 Å². The van der Waals surface area contributed by atoms with Crippen molar-refractivity contribution in [3.63, 3.8) is 0 Å². The Bertz CT molecular complexity index is 166. The molecule has 0 amide bonds. The van der Waals surface area contributed by atoms with Crippen molar-refractivity contribution < 1.29 is 0 Å². The Labute approximate surface area is 89.1 Å². The summed E-state index contributed by atoms with van der Waals surface area (Å²) < 4.78 is 0. The summed E-state index contributed by atoms with van der Waals surface area (Å²) in [6.45, 7) is 12.9. The van der Waals surface area contributed by atoms with E-state index in [4.69, 9.17) is 0 Å². The highest BCUT2D eigenvalue weighted by Crippen LogP contribution is 2.24. The molecule has 1 fully saturated rings. The molecule has 1 saturated heterocycles. The molecule has 0 radical (unpaired) electrons. The third kappa shape index (κ3) is 3.58. The molecule has 1 aliphatic heterocycles. The van der Waals surface area contributed by atoms with Crippen LogP contribution in [0.1, 0.15) is 47.0 Å². The highest BCUT2D eigenvalue weighted by Gasteiger charge is 2.26. The number of hydrogen-bond acceptors (Lipinski definition) is 2. The van der Waals surface area contributed by atoms with Crippen LogP contribution >= 0.6 is 0 Å². The van der Waals surface area contributed by atoms with Crippen LogP contribution in [0.4, 0.5) is 0 Å². The first-order chi connectivity index (χ1) is 6.55. The van der Waals surface area contributed by atoms with Gasteiger partial charge in [0.1, 0.15) is 0 Å². The predicted molar refractivity (Wildman–Crippen MR) is 62.3 cm³/mol. The van der Waals surface area contributed by atoms with Crippen molar-refractivity contribution in [1.82, 2.24) is 10.2 Å². The second-order valence-electron chi connectivity index (χ2n) is 5.46. The SMILES string of the molecule is CCCC(C)N1CNCCC(C)(C)C1. The van der Waals surface area contributed by atoms with Gasteiger partial charge in [0, 0.05) is 19.3 Å². The number of nitrogens with zero attached hydrogens (tertiary/aromatic N) is 1. The van der Waals surface area contributed by atoms with Crippen molar-refractivity contribution in [2.24, 2.45) is 5.41 Å². The quantitative estimate of drug-likeness (QED) is 0.749. The van der Waals surface area contributed by atoms with Gasteiger partial charge in [-0.3, -0.25) is 4.90 Å². The maximum atomic E-state index is 3.52. The molecule has 14 heavy (non-hydrogen) atoms. The van der Waals surface area contributed by atoms with Crippen molar-refractivity contribution in [3.8, 4) is 0 Å². The summed E-state index contributed by atoms with van der Waals surface area (Å²) in [5.41, 5.74) is 0.478. The van der Waals surface area contributed by atoms with E-state index in [9.17, 15) is 0 Å². The molecule has 1 rings (SSSR count). The normalized spacial score (nSPS) is 25.7. The number of rotatable bonds is 3. The van der Waals surface area contributed by atoms with E-state index in [1.54, 1.807) is 0 Å². The average Bonchev–Trinajstić information content (AvgIpc) is 2.27. The first kappa shape index (κ1) is 12.0. The minimum absolute atomic E-state index is 0.478. The molecule has 84 valence electrons. The molecule has 1 heterocycles. The van der Waals surface area contributed by atoms with Crippen molar-refractivity contribution in [3.05, 3.63) is 0 Å². The van der Waals surface area contributed by atoms with Crippen LogP contribution in [0.2, 0.25) is 0 Å². The maximum absolute atomic E-state index is 3.52. The fraction of sp³-hybridized carbons (Fsp3) is 1.00. The third-order valence-electron chi connectivity index (χ3n) is 3.25. The molecule has 0 bridgehead atoms. The van der Waals surface area contributed by atoms with E-state index < -0.39 is 0 Å². The topological polar surface area (TPSA) is 15.3 Å². The van der Waals surface area contributed by atoms with Crippen molar-refractivity contribution >= 4 is 0 Å².